The second kappa shape index (κ2) is 6.58. The van der Waals surface area contributed by atoms with Crippen LogP contribution in [0.3, 0.4) is 0 Å². The standard InChI is InChI=1S/C17H34N2/c1-5-19-12-6-7-16(13-19)18-15-10-8-14(9-11-15)17(2,3)4/h14-16,18H,5-13H2,1-4H3. The van der Waals surface area contributed by atoms with Crippen molar-refractivity contribution in [1.82, 2.24) is 10.2 Å². The highest BCUT2D eigenvalue weighted by atomic mass is 15.2. The molecule has 0 aromatic heterocycles. The smallest absolute Gasteiger partial charge is 0.0198 e. The number of nitrogens with one attached hydrogen (secondary N) is 1. The summed E-state index contributed by atoms with van der Waals surface area (Å²) in [5, 5.41) is 3.95. The van der Waals surface area contributed by atoms with Gasteiger partial charge in [0.05, 0.1) is 0 Å². The molecule has 0 bridgehead atoms. The van der Waals surface area contributed by atoms with Crippen molar-refractivity contribution in [2.75, 3.05) is 19.6 Å². The molecule has 1 unspecified atom stereocenters. The van der Waals surface area contributed by atoms with Gasteiger partial charge in [0, 0.05) is 18.6 Å². The summed E-state index contributed by atoms with van der Waals surface area (Å²) in [6.07, 6.45) is 8.39. The Bertz CT molecular complexity index is 261. The summed E-state index contributed by atoms with van der Waals surface area (Å²) in [6.45, 7) is 13.3. The van der Waals surface area contributed by atoms with Crippen molar-refractivity contribution in [3.63, 3.8) is 0 Å². The number of piperidine rings is 1. The van der Waals surface area contributed by atoms with E-state index in [9.17, 15) is 0 Å². The molecule has 1 heterocycles. The van der Waals surface area contributed by atoms with E-state index in [1.807, 2.05) is 0 Å². The molecule has 1 aliphatic carbocycles. The second-order valence-corrected chi connectivity index (χ2v) is 7.81. The molecule has 1 saturated heterocycles. The third-order valence-electron chi connectivity index (χ3n) is 5.38. The summed E-state index contributed by atoms with van der Waals surface area (Å²) in [7, 11) is 0. The van der Waals surface area contributed by atoms with Crippen LogP contribution in [0.1, 0.15) is 66.2 Å². The quantitative estimate of drug-likeness (QED) is 0.838. The normalized spacial score (nSPS) is 34.4. The highest BCUT2D eigenvalue weighted by Crippen LogP contribution is 2.37. The Labute approximate surface area is 120 Å². The van der Waals surface area contributed by atoms with Crippen molar-refractivity contribution in [2.45, 2.75) is 78.3 Å². The lowest BCUT2D eigenvalue weighted by Crippen LogP contribution is -2.50. The van der Waals surface area contributed by atoms with E-state index in [0.717, 1.165) is 18.0 Å². The van der Waals surface area contributed by atoms with Crippen LogP contribution >= 0.6 is 0 Å². The van der Waals surface area contributed by atoms with E-state index in [2.05, 4.69) is 37.9 Å². The maximum atomic E-state index is 3.95. The molecule has 2 nitrogen and oxygen atoms in total. The molecule has 2 heteroatoms. The summed E-state index contributed by atoms with van der Waals surface area (Å²) in [4.78, 5) is 2.60. The van der Waals surface area contributed by atoms with Gasteiger partial charge in [0.25, 0.3) is 0 Å². The Morgan fingerprint density at radius 2 is 1.68 bits per heavy atom. The first-order valence-electron chi connectivity index (χ1n) is 8.47. The van der Waals surface area contributed by atoms with Crippen LogP contribution in [0.25, 0.3) is 0 Å². The highest BCUT2D eigenvalue weighted by Gasteiger charge is 2.30. The largest absolute Gasteiger partial charge is 0.310 e. The molecule has 0 radical (unpaired) electrons. The minimum Gasteiger partial charge on any atom is -0.310 e. The molecule has 2 fully saturated rings. The molecule has 1 N–H and O–H groups in total. The molecule has 2 aliphatic rings. The fourth-order valence-electron chi connectivity index (χ4n) is 3.94. The number of rotatable bonds is 3. The number of likely N-dealkylation sites (N-methyl/N-ethyl adjacent to an activating group) is 1. The van der Waals surface area contributed by atoms with Gasteiger partial charge < -0.3 is 10.2 Å². The van der Waals surface area contributed by atoms with Gasteiger partial charge in [-0.15, -0.1) is 0 Å². The van der Waals surface area contributed by atoms with Crippen LogP contribution in [0.4, 0.5) is 0 Å². The molecule has 112 valence electrons. The minimum atomic E-state index is 0.509. The van der Waals surface area contributed by atoms with Gasteiger partial charge in [-0.1, -0.05) is 27.7 Å². The minimum absolute atomic E-state index is 0.509. The van der Waals surface area contributed by atoms with E-state index in [1.165, 1.54) is 58.2 Å². The van der Waals surface area contributed by atoms with Crippen molar-refractivity contribution in [3.8, 4) is 0 Å². The third kappa shape index (κ3) is 4.46. The maximum Gasteiger partial charge on any atom is 0.0198 e. The Kier molecular flexibility index (Phi) is 5.30. The maximum absolute atomic E-state index is 3.95. The van der Waals surface area contributed by atoms with Crippen molar-refractivity contribution in [3.05, 3.63) is 0 Å². The molecule has 1 saturated carbocycles. The molecule has 1 atom stereocenters. The fraction of sp³-hybridized carbons (Fsp3) is 1.00. The zero-order valence-corrected chi connectivity index (χ0v) is 13.5. The molecular weight excluding hydrogens is 232 g/mol. The number of hydrogen-bond acceptors (Lipinski definition) is 2. The Balaban J connectivity index is 1.73. The van der Waals surface area contributed by atoms with E-state index in [-0.39, 0.29) is 0 Å². The SMILES string of the molecule is CCN1CCCC(NC2CCC(C(C)(C)C)CC2)C1. The van der Waals surface area contributed by atoms with E-state index >= 15 is 0 Å². The molecular formula is C17H34N2. The Morgan fingerprint density at radius 1 is 1.00 bits per heavy atom. The molecule has 1 aliphatic heterocycles. The average Bonchev–Trinajstić information content (AvgIpc) is 2.38. The van der Waals surface area contributed by atoms with Crippen LogP contribution in [0.2, 0.25) is 0 Å². The van der Waals surface area contributed by atoms with E-state index in [0.29, 0.717) is 5.41 Å². The van der Waals surface area contributed by atoms with Crippen molar-refractivity contribution >= 4 is 0 Å². The van der Waals surface area contributed by atoms with Gasteiger partial charge in [0.2, 0.25) is 0 Å². The first-order valence-corrected chi connectivity index (χ1v) is 8.47. The number of hydrogen-bond donors (Lipinski definition) is 1. The Hall–Kier alpha value is -0.0800. The molecule has 0 aromatic rings. The zero-order valence-electron chi connectivity index (χ0n) is 13.5. The topological polar surface area (TPSA) is 15.3 Å². The molecule has 0 amide bonds. The van der Waals surface area contributed by atoms with Gasteiger partial charge >= 0.3 is 0 Å². The van der Waals surface area contributed by atoms with Crippen molar-refractivity contribution in [1.29, 1.82) is 0 Å². The number of nitrogens with zero attached hydrogens (tertiary/aromatic N) is 1. The summed E-state index contributed by atoms with van der Waals surface area (Å²) in [5.74, 6) is 0.934. The van der Waals surface area contributed by atoms with Crippen LogP contribution in [0, 0.1) is 11.3 Å². The first-order chi connectivity index (χ1) is 8.99. The van der Waals surface area contributed by atoms with Crippen LogP contribution in [0.15, 0.2) is 0 Å². The van der Waals surface area contributed by atoms with Crippen molar-refractivity contribution < 1.29 is 0 Å². The third-order valence-corrected chi connectivity index (χ3v) is 5.38. The van der Waals surface area contributed by atoms with Crippen LogP contribution in [-0.4, -0.2) is 36.6 Å². The number of likely N-dealkylation sites (tertiary alicyclic amines) is 1. The summed E-state index contributed by atoms with van der Waals surface area (Å²) in [5.41, 5.74) is 0.509. The summed E-state index contributed by atoms with van der Waals surface area (Å²) < 4.78 is 0. The van der Waals surface area contributed by atoms with E-state index < -0.39 is 0 Å². The molecule has 2 rings (SSSR count). The predicted molar refractivity (Wildman–Crippen MR) is 83.5 cm³/mol. The molecule has 0 spiro atoms. The van der Waals surface area contributed by atoms with Gasteiger partial charge in [-0.25, -0.2) is 0 Å². The molecule has 0 aromatic carbocycles. The lowest BCUT2D eigenvalue weighted by atomic mass is 9.71. The van der Waals surface area contributed by atoms with Gasteiger partial charge in [-0.05, 0) is 62.9 Å². The van der Waals surface area contributed by atoms with Crippen LogP contribution in [0.5, 0.6) is 0 Å². The van der Waals surface area contributed by atoms with Gasteiger partial charge in [0.1, 0.15) is 0 Å². The van der Waals surface area contributed by atoms with E-state index in [1.54, 1.807) is 0 Å². The van der Waals surface area contributed by atoms with Gasteiger partial charge in [0.15, 0.2) is 0 Å². The Morgan fingerprint density at radius 3 is 2.26 bits per heavy atom. The summed E-state index contributed by atoms with van der Waals surface area (Å²) >= 11 is 0. The van der Waals surface area contributed by atoms with Gasteiger partial charge in [-0.2, -0.15) is 0 Å². The van der Waals surface area contributed by atoms with Crippen LogP contribution < -0.4 is 5.32 Å². The monoisotopic (exact) mass is 266 g/mol. The predicted octanol–water partition coefficient (Wildman–Crippen LogP) is 3.67. The van der Waals surface area contributed by atoms with Crippen molar-refractivity contribution in [2.24, 2.45) is 11.3 Å². The fourth-order valence-corrected chi connectivity index (χ4v) is 3.94. The first kappa shape index (κ1) is 15.3. The molecule has 19 heavy (non-hydrogen) atoms. The lowest BCUT2D eigenvalue weighted by Gasteiger charge is -2.40. The lowest BCUT2D eigenvalue weighted by molar-refractivity contribution is 0.139. The summed E-state index contributed by atoms with van der Waals surface area (Å²) in [6, 6.07) is 1.55. The van der Waals surface area contributed by atoms with E-state index in [4.69, 9.17) is 0 Å². The second-order valence-electron chi connectivity index (χ2n) is 7.81. The average molecular weight is 266 g/mol. The highest BCUT2D eigenvalue weighted by molar-refractivity contribution is 4.87. The van der Waals surface area contributed by atoms with Gasteiger partial charge in [-0.3, -0.25) is 0 Å². The zero-order chi connectivity index (χ0) is 13.9. The van der Waals surface area contributed by atoms with Crippen LogP contribution in [-0.2, 0) is 0 Å².